The maximum atomic E-state index is 14.0. The normalized spacial score (nSPS) is 20.7. The predicted molar refractivity (Wildman–Crippen MR) is 179 cm³/mol. The average Bonchev–Trinajstić information content (AvgIpc) is 3.26. The van der Waals surface area contributed by atoms with Gasteiger partial charge in [0.2, 0.25) is 0 Å². The Labute approximate surface area is 278 Å². The fourth-order valence-corrected chi connectivity index (χ4v) is 7.73. The molecule has 0 aliphatic carbocycles. The number of anilines is 1. The molecule has 0 saturated carbocycles. The maximum absolute atomic E-state index is 14.0. The van der Waals surface area contributed by atoms with Gasteiger partial charge in [0.25, 0.3) is 5.91 Å². The molecule has 6 rings (SSSR count). The number of piperidine rings is 1. The molecule has 11 heteroatoms. The van der Waals surface area contributed by atoms with E-state index in [1.54, 1.807) is 12.0 Å². The number of likely N-dealkylation sites (tertiary alicyclic amines) is 1. The molecule has 3 saturated heterocycles. The number of nitrogens with zero attached hydrogens (tertiary/aromatic N) is 4. The minimum atomic E-state index is -0.933. The second-order valence-corrected chi connectivity index (χ2v) is 13.3. The number of fused-ring (bicyclic) bond motifs is 1. The first-order chi connectivity index (χ1) is 22.8. The van der Waals surface area contributed by atoms with E-state index in [0.717, 1.165) is 79.3 Å². The molecule has 4 aliphatic rings. The van der Waals surface area contributed by atoms with Crippen molar-refractivity contribution >= 4 is 23.7 Å². The van der Waals surface area contributed by atoms with Crippen LogP contribution >= 0.6 is 0 Å². The average molecular weight is 648 g/mol. The number of para-hydroxylation sites is 1. The minimum absolute atomic E-state index is 0.0306. The first-order valence-electron chi connectivity index (χ1n) is 17.2. The summed E-state index contributed by atoms with van der Waals surface area (Å²) >= 11 is 0. The smallest absolute Gasteiger partial charge is 0.410 e. The lowest BCUT2D eigenvalue weighted by Gasteiger charge is -2.41. The Hall–Kier alpha value is -3.83. The highest BCUT2D eigenvalue weighted by Crippen LogP contribution is 2.28. The summed E-state index contributed by atoms with van der Waals surface area (Å²) in [5, 5.41) is 3.06. The van der Waals surface area contributed by atoms with E-state index in [1.807, 2.05) is 54.0 Å². The van der Waals surface area contributed by atoms with E-state index >= 15 is 0 Å². The van der Waals surface area contributed by atoms with Crippen LogP contribution in [0, 0.1) is 13.8 Å². The van der Waals surface area contributed by atoms with Gasteiger partial charge in [-0.1, -0.05) is 30.3 Å². The third-order valence-electron chi connectivity index (χ3n) is 10.3. The quantitative estimate of drug-likeness (QED) is 0.480. The van der Waals surface area contributed by atoms with E-state index in [4.69, 9.17) is 14.2 Å². The van der Waals surface area contributed by atoms with E-state index in [-0.39, 0.29) is 18.0 Å². The van der Waals surface area contributed by atoms with Crippen LogP contribution < -0.4 is 10.1 Å². The lowest BCUT2D eigenvalue weighted by molar-refractivity contribution is -0.143. The Morgan fingerprint density at radius 2 is 1.57 bits per heavy atom. The second kappa shape index (κ2) is 14.9. The molecule has 0 spiro atoms. The van der Waals surface area contributed by atoms with Gasteiger partial charge in [0, 0.05) is 83.2 Å². The molecule has 47 heavy (non-hydrogen) atoms. The summed E-state index contributed by atoms with van der Waals surface area (Å²) in [6, 6.07) is 12.4. The van der Waals surface area contributed by atoms with Crippen molar-refractivity contribution in [3.63, 3.8) is 0 Å². The van der Waals surface area contributed by atoms with Crippen LogP contribution in [-0.4, -0.2) is 122 Å². The molecule has 254 valence electrons. The van der Waals surface area contributed by atoms with Crippen LogP contribution in [0.4, 0.5) is 15.3 Å². The number of aryl methyl sites for hydroxylation is 2. The Morgan fingerprint density at radius 1 is 0.894 bits per heavy atom. The molecule has 1 N–H and O–H groups in total. The van der Waals surface area contributed by atoms with Crippen LogP contribution in [0.25, 0.3) is 0 Å². The molecule has 1 atom stereocenters. The molecule has 0 aromatic heterocycles. The SMILES string of the molecule is COc1c(C)cc(CC(OC(=O)N2CCC(N3CCc4ccccc4NC3=O)CC2)C(=O)N2CCN(C3CCOCC3)CC2)cc1C. The predicted octanol–water partition coefficient (Wildman–Crippen LogP) is 4.24. The van der Waals surface area contributed by atoms with Crippen LogP contribution in [0.2, 0.25) is 0 Å². The number of amides is 4. The van der Waals surface area contributed by atoms with Gasteiger partial charge in [0.15, 0.2) is 6.10 Å². The van der Waals surface area contributed by atoms with Gasteiger partial charge in [-0.3, -0.25) is 9.69 Å². The molecule has 2 aromatic carbocycles. The summed E-state index contributed by atoms with van der Waals surface area (Å²) in [5.74, 6) is 0.675. The van der Waals surface area contributed by atoms with E-state index in [9.17, 15) is 14.4 Å². The number of carbonyl (C=O) groups is 3. The molecular weight excluding hydrogens is 598 g/mol. The zero-order valence-electron chi connectivity index (χ0n) is 28.0. The summed E-state index contributed by atoms with van der Waals surface area (Å²) in [6.45, 7) is 9.95. The Morgan fingerprint density at radius 3 is 2.26 bits per heavy atom. The van der Waals surface area contributed by atoms with E-state index < -0.39 is 12.2 Å². The number of hydrogen-bond acceptors (Lipinski definition) is 7. The highest BCUT2D eigenvalue weighted by molar-refractivity contribution is 5.91. The third kappa shape index (κ3) is 7.67. The van der Waals surface area contributed by atoms with Crippen molar-refractivity contribution in [3.05, 3.63) is 58.7 Å². The number of hydrogen-bond donors (Lipinski definition) is 1. The number of benzene rings is 2. The second-order valence-electron chi connectivity index (χ2n) is 13.3. The number of ether oxygens (including phenoxy) is 3. The summed E-state index contributed by atoms with van der Waals surface area (Å²) < 4.78 is 17.2. The van der Waals surface area contributed by atoms with Gasteiger partial charge in [0.05, 0.1) is 7.11 Å². The van der Waals surface area contributed by atoms with Gasteiger partial charge >= 0.3 is 12.1 Å². The number of carbonyl (C=O) groups excluding carboxylic acids is 3. The van der Waals surface area contributed by atoms with Crippen molar-refractivity contribution in [2.45, 2.75) is 70.6 Å². The summed E-state index contributed by atoms with van der Waals surface area (Å²) in [7, 11) is 1.66. The van der Waals surface area contributed by atoms with Crippen LogP contribution in [0.1, 0.15) is 47.9 Å². The topological polar surface area (TPSA) is 104 Å². The van der Waals surface area contributed by atoms with E-state index in [0.29, 0.717) is 58.0 Å². The van der Waals surface area contributed by atoms with E-state index in [2.05, 4.69) is 16.3 Å². The first-order valence-corrected chi connectivity index (χ1v) is 17.2. The number of piperazine rings is 1. The Kier molecular flexibility index (Phi) is 10.5. The molecule has 11 nitrogen and oxygen atoms in total. The number of methoxy groups -OCH3 is 1. The molecule has 4 heterocycles. The van der Waals surface area contributed by atoms with Gasteiger partial charge in [-0.05, 0) is 74.3 Å². The number of rotatable bonds is 7. The fraction of sp³-hybridized carbons (Fsp3) is 0.583. The van der Waals surface area contributed by atoms with Crippen LogP contribution in [-0.2, 0) is 27.1 Å². The lowest BCUT2D eigenvalue weighted by Crippen LogP contribution is -2.56. The highest BCUT2D eigenvalue weighted by Gasteiger charge is 2.36. The monoisotopic (exact) mass is 647 g/mol. The minimum Gasteiger partial charge on any atom is -0.496 e. The van der Waals surface area contributed by atoms with Crippen molar-refractivity contribution in [2.24, 2.45) is 0 Å². The van der Waals surface area contributed by atoms with Gasteiger partial charge in [0.1, 0.15) is 5.75 Å². The fourth-order valence-electron chi connectivity index (χ4n) is 7.73. The van der Waals surface area contributed by atoms with Crippen molar-refractivity contribution in [1.82, 2.24) is 19.6 Å². The zero-order chi connectivity index (χ0) is 32.9. The van der Waals surface area contributed by atoms with Gasteiger partial charge in [-0.15, -0.1) is 0 Å². The van der Waals surface area contributed by atoms with Crippen molar-refractivity contribution in [3.8, 4) is 5.75 Å². The van der Waals surface area contributed by atoms with Crippen LogP contribution in [0.3, 0.4) is 0 Å². The molecule has 4 aliphatic heterocycles. The standard InChI is InChI=1S/C36H49N5O6/c1-25-22-27(23-26(2)33(25)45-3)24-32(34(42)39-18-16-38(17-19-39)29-11-20-46-21-12-29)47-36(44)40-13-9-30(10-14-40)41-15-8-28-6-4-5-7-31(28)37-35(41)43/h4-7,22-23,29-30,32H,8-21,24H2,1-3H3,(H,37,43). The van der Waals surface area contributed by atoms with E-state index in [1.165, 1.54) is 0 Å². The molecule has 0 bridgehead atoms. The van der Waals surface area contributed by atoms with Gasteiger partial charge < -0.3 is 34.2 Å². The van der Waals surface area contributed by atoms with Crippen molar-refractivity contribution in [2.75, 3.05) is 71.5 Å². The molecule has 1 unspecified atom stereocenters. The summed E-state index contributed by atoms with van der Waals surface area (Å²) in [6.07, 6.45) is 3.03. The van der Waals surface area contributed by atoms with Crippen LogP contribution in [0.5, 0.6) is 5.75 Å². The largest absolute Gasteiger partial charge is 0.496 e. The lowest BCUT2D eigenvalue weighted by atomic mass is 10.00. The molecule has 3 fully saturated rings. The summed E-state index contributed by atoms with van der Waals surface area (Å²) in [4.78, 5) is 48.7. The van der Waals surface area contributed by atoms with Gasteiger partial charge in [-0.2, -0.15) is 0 Å². The van der Waals surface area contributed by atoms with Crippen LogP contribution in [0.15, 0.2) is 36.4 Å². The van der Waals surface area contributed by atoms with Crippen molar-refractivity contribution < 1.29 is 28.6 Å². The first kappa shape index (κ1) is 33.1. The Balaban J connectivity index is 1.09. The number of nitrogens with one attached hydrogen (secondary N) is 1. The zero-order valence-corrected chi connectivity index (χ0v) is 28.0. The highest BCUT2D eigenvalue weighted by atomic mass is 16.6. The van der Waals surface area contributed by atoms with Gasteiger partial charge in [-0.25, -0.2) is 9.59 Å². The third-order valence-corrected chi connectivity index (χ3v) is 10.3. The molecule has 4 amide bonds. The molecule has 2 aromatic rings. The molecular formula is C36H49N5O6. The number of urea groups is 1. The summed E-state index contributed by atoms with van der Waals surface area (Å²) in [5.41, 5.74) is 4.89. The molecule has 0 radical (unpaired) electrons. The maximum Gasteiger partial charge on any atom is 0.410 e. The van der Waals surface area contributed by atoms with Crippen molar-refractivity contribution in [1.29, 1.82) is 0 Å². The Bertz CT molecular complexity index is 1410.